The quantitative estimate of drug-likeness (QED) is 0.256. The van der Waals surface area contributed by atoms with E-state index in [1.54, 1.807) is 41.3 Å². The summed E-state index contributed by atoms with van der Waals surface area (Å²) in [4.78, 5) is 47.4. The lowest BCUT2D eigenvalue weighted by Gasteiger charge is -2.40. The fraction of sp³-hybridized carbons (Fsp3) is 0.333. The Morgan fingerprint density at radius 3 is 2.40 bits per heavy atom. The minimum Gasteiger partial charge on any atom is -0.486 e. The van der Waals surface area contributed by atoms with Gasteiger partial charge in [0.2, 0.25) is 0 Å². The fourth-order valence-corrected chi connectivity index (χ4v) is 5.61. The molecule has 3 aromatic carbocycles. The van der Waals surface area contributed by atoms with E-state index < -0.39 is 23.2 Å². The van der Waals surface area contributed by atoms with E-state index in [-0.39, 0.29) is 17.8 Å². The Bertz CT molecular complexity index is 1880. The standard InChI is InChI=1S/C36H38FN5O6/c1-22-20-42(35(45)48-36(2,3)4)14-13-41(22)21-27-8-5-23-17-24(6-11-29(23)38-27)34(44)40-30-19-26(9-10-28(30)37)39-33(43)25-7-12-31-32(18-25)47-16-15-46-31/h5-12,17-19,22H,13-16,20-21H2,1-4H3,(H,39,43)(H,40,44)/t22-/m0/s1. The Morgan fingerprint density at radius 1 is 0.896 bits per heavy atom. The molecule has 2 aliphatic heterocycles. The molecule has 2 N–H and O–H groups in total. The van der Waals surface area contributed by atoms with Crippen molar-refractivity contribution >= 4 is 40.2 Å². The van der Waals surface area contributed by atoms with Crippen molar-refractivity contribution in [1.29, 1.82) is 0 Å². The van der Waals surface area contributed by atoms with Crippen molar-refractivity contribution in [2.45, 2.75) is 45.9 Å². The lowest BCUT2D eigenvalue weighted by atomic mass is 10.1. The van der Waals surface area contributed by atoms with Crippen molar-refractivity contribution in [1.82, 2.24) is 14.8 Å². The summed E-state index contributed by atoms with van der Waals surface area (Å²) in [6.45, 7) is 10.9. The number of benzene rings is 3. The first-order valence-electron chi connectivity index (χ1n) is 15.9. The lowest BCUT2D eigenvalue weighted by Crippen LogP contribution is -2.54. The molecule has 0 aliphatic carbocycles. The number of aromatic nitrogens is 1. The summed E-state index contributed by atoms with van der Waals surface area (Å²) < 4.78 is 31.3. The summed E-state index contributed by atoms with van der Waals surface area (Å²) >= 11 is 0. The molecule has 0 radical (unpaired) electrons. The van der Waals surface area contributed by atoms with E-state index in [1.165, 1.54) is 18.2 Å². The number of pyridine rings is 1. The predicted molar refractivity (Wildman–Crippen MR) is 179 cm³/mol. The summed E-state index contributed by atoms with van der Waals surface area (Å²) in [6.07, 6.45) is -0.298. The largest absolute Gasteiger partial charge is 0.486 e. The number of halogens is 1. The topological polar surface area (TPSA) is 122 Å². The molecule has 1 fully saturated rings. The van der Waals surface area contributed by atoms with Crippen LogP contribution in [0.5, 0.6) is 11.5 Å². The van der Waals surface area contributed by atoms with Gasteiger partial charge in [-0.1, -0.05) is 6.07 Å². The van der Waals surface area contributed by atoms with E-state index in [0.717, 1.165) is 16.6 Å². The van der Waals surface area contributed by atoms with Crippen molar-refractivity contribution in [2.24, 2.45) is 0 Å². The number of nitrogens with zero attached hydrogens (tertiary/aromatic N) is 3. The van der Waals surface area contributed by atoms with Crippen molar-refractivity contribution in [2.75, 3.05) is 43.5 Å². The number of amides is 3. The van der Waals surface area contributed by atoms with Gasteiger partial charge in [-0.2, -0.15) is 0 Å². The number of carbonyl (C=O) groups excluding carboxylic acids is 3. The first-order chi connectivity index (χ1) is 22.9. The highest BCUT2D eigenvalue weighted by Gasteiger charge is 2.30. The smallest absolute Gasteiger partial charge is 0.410 e. The molecular formula is C36H38FN5O6. The molecule has 3 amide bonds. The van der Waals surface area contributed by atoms with E-state index in [1.807, 2.05) is 32.9 Å². The van der Waals surface area contributed by atoms with Crippen molar-refractivity contribution in [3.05, 3.63) is 89.4 Å². The highest BCUT2D eigenvalue weighted by molar-refractivity contribution is 6.07. The second kappa shape index (κ2) is 13.5. The van der Waals surface area contributed by atoms with E-state index in [4.69, 9.17) is 19.2 Å². The van der Waals surface area contributed by atoms with Crippen molar-refractivity contribution < 1.29 is 33.0 Å². The van der Waals surface area contributed by atoms with Gasteiger partial charge in [-0.05, 0) is 88.4 Å². The minimum absolute atomic E-state index is 0.0746. The summed E-state index contributed by atoms with van der Waals surface area (Å²) in [5.74, 6) is -0.528. The number of fused-ring (bicyclic) bond motifs is 2. The number of piperazine rings is 1. The number of anilines is 2. The average Bonchev–Trinajstić information content (AvgIpc) is 3.05. The molecule has 0 bridgehead atoms. The number of carbonyl (C=O) groups is 3. The monoisotopic (exact) mass is 655 g/mol. The zero-order valence-corrected chi connectivity index (χ0v) is 27.3. The highest BCUT2D eigenvalue weighted by atomic mass is 19.1. The number of rotatable bonds is 6. The number of hydrogen-bond donors (Lipinski definition) is 2. The summed E-state index contributed by atoms with van der Waals surface area (Å²) in [5, 5.41) is 6.11. The molecule has 1 atom stereocenters. The maximum Gasteiger partial charge on any atom is 0.410 e. The molecule has 250 valence electrons. The Balaban J connectivity index is 1.08. The predicted octanol–water partition coefficient (Wildman–Crippen LogP) is 6.09. The highest BCUT2D eigenvalue weighted by Crippen LogP contribution is 2.31. The first-order valence-corrected chi connectivity index (χ1v) is 15.9. The van der Waals surface area contributed by atoms with Gasteiger partial charge in [-0.25, -0.2) is 9.18 Å². The van der Waals surface area contributed by atoms with Crippen LogP contribution in [0.1, 0.15) is 54.1 Å². The van der Waals surface area contributed by atoms with Gasteiger partial charge in [0, 0.05) is 54.4 Å². The maximum atomic E-state index is 14.7. The van der Waals surface area contributed by atoms with Gasteiger partial charge < -0.3 is 29.7 Å². The normalized spacial score (nSPS) is 16.4. The molecule has 48 heavy (non-hydrogen) atoms. The fourth-order valence-electron chi connectivity index (χ4n) is 5.61. The van der Waals surface area contributed by atoms with Gasteiger partial charge in [0.1, 0.15) is 24.6 Å². The van der Waals surface area contributed by atoms with E-state index in [2.05, 4.69) is 22.5 Å². The number of hydrogen-bond acceptors (Lipinski definition) is 8. The van der Waals surface area contributed by atoms with Crippen LogP contribution in [-0.4, -0.2) is 77.2 Å². The van der Waals surface area contributed by atoms with Gasteiger partial charge in [0.05, 0.1) is 16.9 Å². The van der Waals surface area contributed by atoms with Gasteiger partial charge in [-0.3, -0.25) is 19.5 Å². The summed E-state index contributed by atoms with van der Waals surface area (Å²) in [7, 11) is 0. The number of nitrogens with one attached hydrogen (secondary N) is 2. The van der Waals surface area contributed by atoms with Crippen LogP contribution in [0.25, 0.3) is 10.9 Å². The van der Waals surface area contributed by atoms with E-state index in [9.17, 15) is 18.8 Å². The molecule has 2 aliphatic rings. The molecular weight excluding hydrogens is 617 g/mol. The zero-order valence-electron chi connectivity index (χ0n) is 27.3. The zero-order chi connectivity index (χ0) is 34.0. The first kappa shape index (κ1) is 32.7. The summed E-state index contributed by atoms with van der Waals surface area (Å²) in [6, 6.07) is 17.9. The maximum absolute atomic E-state index is 14.7. The SMILES string of the molecule is C[C@H]1CN(C(=O)OC(C)(C)C)CCN1Cc1ccc2cc(C(=O)Nc3cc(NC(=O)c4ccc5c(c4)OCCO5)ccc3F)ccc2n1. The molecule has 0 spiro atoms. The molecule has 3 heterocycles. The molecule has 1 aromatic heterocycles. The average molecular weight is 656 g/mol. The van der Waals surface area contributed by atoms with Gasteiger partial charge in [0.25, 0.3) is 11.8 Å². The van der Waals surface area contributed by atoms with Gasteiger partial charge in [-0.15, -0.1) is 0 Å². The third kappa shape index (κ3) is 7.66. The molecule has 4 aromatic rings. The summed E-state index contributed by atoms with van der Waals surface area (Å²) in [5.41, 5.74) is 1.96. The van der Waals surface area contributed by atoms with Crippen molar-refractivity contribution in [3.63, 3.8) is 0 Å². The van der Waals surface area contributed by atoms with Crippen LogP contribution in [0.15, 0.2) is 66.7 Å². The Hall–Kier alpha value is -5.23. The van der Waals surface area contributed by atoms with Crippen LogP contribution < -0.4 is 20.1 Å². The molecule has 1 saturated heterocycles. The van der Waals surface area contributed by atoms with Gasteiger partial charge >= 0.3 is 6.09 Å². The molecule has 0 unspecified atom stereocenters. The minimum atomic E-state index is -0.645. The molecule has 12 heteroatoms. The lowest BCUT2D eigenvalue weighted by molar-refractivity contribution is 0.00445. The Morgan fingerprint density at radius 2 is 1.62 bits per heavy atom. The molecule has 6 rings (SSSR count). The number of ether oxygens (including phenoxy) is 3. The van der Waals surface area contributed by atoms with Crippen LogP contribution in [0.3, 0.4) is 0 Å². The van der Waals surface area contributed by atoms with Gasteiger partial charge in [0.15, 0.2) is 11.5 Å². The van der Waals surface area contributed by atoms with Crippen LogP contribution in [0.2, 0.25) is 0 Å². The third-order valence-corrected chi connectivity index (χ3v) is 8.07. The van der Waals surface area contributed by atoms with E-state index >= 15 is 0 Å². The second-order valence-electron chi connectivity index (χ2n) is 12.9. The van der Waals surface area contributed by atoms with Crippen LogP contribution in [0, 0.1) is 5.82 Å². The second-order valence-corrected chi connectivity index (χ2v) is 12.9. The van der Waals surface area contributed by atoms with Crippen LogP contribution >= 0.6 is 0 Å². The van der Waals surface area contributed by atoms with Crippen molar-refractivity contribution in [3.8, 4) is 11.5 Å². The molecule has 0 saturated carbocycles. The Kier molecular flexibility index (Phi) is 9.18. The van der Waals surface area contributed by atoms with E-state index in [0.29, 0.717) is 67.7 Å². The Labute approximate surface area is 278 Å². The molecule has 11 nitrogen and oxygen atoms in total. The van der Waals surface area contributed by atoms with Crippen LogP contribution in [-0.2, 0) is 11.3 Å². The van der Waals surface area contributed by atoms with Crippen LogP contribution in [0.4, 0.5) is 20.6 Å². The third-order valence-electron chi connectivity index (χ3n) is 8.07.